The minimum absolute atomic E-state index is 0.230. The lowest BCUT2D eigenvalue weighted by molar-refractivity contribution is -0.133. The summed E-state index contributed by atoms with van der Waals surface area (Å²) in [6, 6.07) is 10.2. The van der Waals surface area contributed by atoms with Crippen LogP contribution in [0.25, 0.3) is 10.2 Å². The van der Waals surface area contributed by atoms with E-state index in [2.05, 4.69) is 38.0 Å². The van der Waals surface area contributed by atoms with Crippen LogP contribution in [0, 0.1) is 0 Å². The second kappa shape index (κ2) is 8.65. The molecule has 30 heavy (non-hydrogen) atoms. The first-order valence-corrected chi connectivity index (χ1v) is 11.5. The Morgan fingerprint density at radius 3 is 2.63 bits per heavy atom. The topological polar surface area (TPSA) is 65.5 Å². The maximum absolute atomic E-state index is 12.9. The second-order valence-corrected chi connectivity index (χ2v) is 9.07. The van der Waals surface area contributed by atoms with Crippen LogP contribution in [0.3, 0.4) is 0 Å². The van der Waals surface area contributed by atoms with Gasteiger partial charge in [0.05, 0.1) is 21.8 Å². The third kappa shape index (κ3) is 4.15. The Kier molecular flexibility index (Phi) is 5.59. The Hall–Kier alpha value is -2.58. The molecule has 7 nitrogen and oxygen atoms in total. The van der Waals surface area contributed by atoms with Crippen molar-refractivity contribution >= 4 is 33.4 Å². The molecular weight excluding hydrogens is 396 g/mol. The molecule has 2 saturated heterocycles. The van der Waals surface area contributed by atoms with Gasteiger partial charge in [-0.15, -0.1) is 11.3 Å². The van der Waals surface area contributed by atoms with Crippen molar-refractivity contribution in [2.45, 2.75) is 18.8 Å². The lowest BCUT2D eigenvalue weighted by Gasteiger charge is -2.37. The van der Waals surface area contributed by atoms with Crippen molar-refractivity contribution in [1.82, 2.24) is 24.8 Å². The Balaban J connectivity index is 1.16. The summed E-state index contributed by atoms with van der Waals surface area (Å²) in [6.07, 6.45) is 5.80. The number of piperidine rings is 1. The van der Waals surface area contributed by atoms with E-state index in [1.165, 1.54) is 9.71 Å². The third-order valence-electron chi connectivity index (χ3n) is 5.99. The summed E-state index contributed by atoms with van der Waals surface area (Å²) in [7, 11) is 0. The fraction of sp³-hybridized carbons (Fsp3) is 0.455. The number of thiazole rings is 1. The normalized spacial score (nSPS) is 20.6. The first-order valence-electron chi connectivity index (χ1n) is 10.6. The number of fused-ring (bicyclic) bond motifs is 1. The van der Waals surface area contributed by atoms with Crippen molar-refractivity contribution in [2.24, 2.45) is 0 Å². The highest BCUT2D eigenvalue weighted by Gasteiger charge is 2.28. The molecule has 4 heterocycles. The van der Waals surface area contributed by atoms with Gasteiger partial charge in [0.1, 0.15) is 0 Å². The van der Waals surface area contributed by atoms with Gasteiger partial charge in [-0.1, -0.05) is 12.1 Å². The summed E-state index contributed by atoms with van der Waals surface area (Å²) in [5, 5.41) is 1.21. The van der Waals surface area contributed by atoms with Crippen LogP contribution in [0.5, 0.6) is 0 Å². The molecule has 1 atom stereocenters. The molecule has 0 saturated carbocycles. The highest BCUT2D eigenvalue weighted by molar-refractivity contribution is 7.18. The number of rotatable bonds is 4. The van der Waals surface area contributed by atoms with Gasteiger partial charge in [-0.05, 0) is 37.6 Å². The monoisotopic (exact) mass is 422 g/mol. The number of anilines is 1. The zero-order valence-electron chi connectivity index (χ0n) is 17.0. The molecule has 2 fully saturated rings. The van der Waals surface area contributed by atoms with E-state index in [1.807, 2.05) is 17.0 Å². The molecule has 0 N–H and O–H groups in total. The van der Waals surface area contributed by atoms with E-state index in [9.17, 15) is 4.79 Å². The van der Waals surface area contributed by atoms with Crippen LogP contribution in [0.2, 0.25) is 0 Å². The first kappa shape index (κ1) is 19.4. The van der Waals surface area contributed by atoms with E-state index in [0.29, 0.717) is 12.5 Å². The second-order valence-electron chi connectivity index (χ2n) is 8.01. The summed E-state index contributed by atoms with van der Waals surface area (Å²) in [4.78, 5) is 32.9. The molecule has 1 unspecified atom stereocenters. The maximum atomic E-state index is 12.9. The molecule has 0 aliphatic carbocycles. The van der Waals surface area contributed by atoms with Crippen LogP contribution in [0.15, 0.2) is 42.7 Å². The largest absolute Gasteiger partial charge is 0.338 e. The van der Waals surface area contributed by atoms with Crippen molar-refractivity contribution in [2.75, 3.05) is 50.7 Å². The van der Waals surface area contributed by atoms with Crippen molar-refractivity contribution in [3.8, 4) is 0 Å². The molecule has 3 aromatic rings. The van der Waals surface area contributed by atoms with Crippen LogP contribution in [-0.4, -0.2) is 76.5 Å². The molecular formula is C22H26N6OS. The first-order chi connectivity index (χ1) is 14.8. The number of nitrogens with zero attached hydrogens (tertiary/aromatic N) is 6. The number of aromatic nitrogens is 3. The quantitative estimate of drug-likeness (QED) is 0.644. The Labute approximate surface area is 180 Å². The molecule has 0 radical (unpaired) electrons. The summed E-state index contributed by atoms with van der Waals surface area (Å²) in [5.74, 6) is 1.41. The molecule has 156 valence electrons. The van der Waals surface area contributed by atoms with Gasteiger partial charge < -0.3 is 9.80 Å². The zero-order valence-corrected chi connectivity index (χ0v) is 17.8. The number of likely N-dealkylation sites (tertiary alicyclic amines) is 1. The minimum atomic E-state index is 0.230. The summed E-state index contributed by atoms with van der Waals surface area (Å²) in [5.41, 5.74) is 1.09. The predicted octanol–water partition coefficient (Wildman–Crippen LogP) is 2.61. The predicted molar refractivity (Wildman–Crippen MR) is 119 cm³/mol. The van der Waals surface area contributed by atoms with Crippen LogP contribution in [-0.2, 0) is 4.79 Å². The zero-order chi connectivity index (χ0) is 20.3. The van der Waals surface area contributed by atoms with Crippen molar-refractivity contribution in [3.63, 3.8) is 0 Å². The molecule has 2 aromatic heterocycles. The molecule has 0 spiro atoms. The minimum Gasteiger partial charge on any atom is -0.338 e. The van der Waals surface area contributed by atoms with E-state index in [4.69, 9.17) is 4.98 Å². The number of benzene rings is 1. The van der Waals surface area contributed by atoms with E-state index < -0.39 is 0 Å². The lowest BCUT2D eigenvalue weighted by Crippen LogP contribution is -2.52. The maximum Gasteiger partial charge on any atom is 0.236 e. The molecule has 8 heteroatoms. The van der Waals surface area contributed by atoms with Crippen molar-refractivity contribution in [3.05, 3.63) is 47.7 Å². The van der Waals surface area contributed by atoms with Gasteiger partial charge >= 0.3 is 0 Å². The molecule has 2 aliphatic heterocycles. The summed E-state index contributed by atoms with van der Waals surface area (Å²) in [6.45, 7) is 5.43. The standard InChI is InChI=1S/C22H26N6OS/c29-20(27-11-13-28(14-12-27)22-23-8-4-9-24-22)16-26-10-3-5-17(15-26)21-25-18-6-1-2-7-19(18)30-21/h1-2,4,6-9,17H,3,5,10-16H2. The number of para-hydroxylation sites is 1. The van der Waals surface area contributed by atoms with E-state index in [0.717, 1.165) is 63.6 Å². The highest BCUT2D eigenvalue weighted by Crippen LogP contribution is 2.32. The average Bonchev–Trinajstić information content (AvgIpc) is 3.24. The van der Waals surface area contributed by atoms with Gasteiger partial charge in [-0.2, -0.15) is 0 Å². The van der Waals surface area contributed by atoms with Gasteiger partial charge in [0.2, 0.25) is 11.9 Å². The van der Waals surface area contributed by atoms with Crippen LogP contribution in [0.1, 0.15) is 23.8 Å². The number of amides is 1. The summed E-state index contributed by atoms with van der Waals surface area (Å²) >= 11 is 1.80. The number of piperazine rings is 1. The Morgan fingerprint density at radius 1 is 1.03 bits per heavy atom. The molecule has 1 amide bonds. The smallest absolute Gasteiger partial charge is 0.236 e. The van der Waals surface area contributed by atoms with Gasteiger partial charge in [0.15, 0.2) is 0 Å². The summed E-state index contributed by atoms with van der Waals surface area (Å²) < 4.78 is 1.25. The SMILES string of the molecule is O=C(CN1CCCC(c2nc3ccccc3s2)C1)N1CCN(c2ncccn2)CC1. The number of hydrogen-bond acceptors (Lipinski definition) is 7. The molecule has 2 aliphatic rings. The van der Waals surface area contributed by atoms with Gasteiger partial charge in [0, 0.05) is 51.0 Å². The fourth-order valence-electron chi connectivity index (χ4n) is 4.37. The van der Waals surface area contributed by atoms with Crippen molar-refractivity contribution in [1.29, 1.82) is 0 Å². The van der Waals surface area contributed by atoms with Gasteiger partial charge in [-0.25, -0.2) is 15.0 Å². The van der Waals surface area contributed by atoms with Crippen LogP contribution in [0.4, 0.5) is 5.95 Å². The van der Waals surface area contributed by atoms with Gasteiger partial charge in [0.25, 0.3) is 0 Å². The Morgan fingerprint density at radius 2 is 1.83 bits per heavy atom. The average molecular weight is 423 g/mol. The molecule has 5 rings (SSSR count). The van der Waals surface area contributed by atoms with E-state index >= 15 is 0 Å². The van der Waals surface area contributed by atoms with Crippen molar-refractivity contribution < 1.29 is 4.79 Å². The van der Waals surface area contributed by atoms with E-state index in [1.54, 1.807) is 23.7 Å². The Bertz CT molecular complexity index is 968. The third-order valence-corrected chi connectivity index (χ3v) is 7.19. The van der Waals surface area contributed by atoms with Crippen LogP contribution >= 0.6 is 11.3 Å². The van der Waals surface area contributed by atoms with E-state index in [-0.39, 0.29) is 5.91 Å². The number of carbonyl (C=O) groups excluding carboxylic acids is 1. The molecule has 0 bridgehead atoms. The highest BCUT2D eigenvalue weighted by atomic mass is 32.1. The number of hydrogen-bond donors (Lipinski definition) is 0. The van der Waals surface area contributed by atoms with Crippen LogP contribution < -0.4 is 4.90 Å². The number of carbonyl (C=O) groups is 1. The lowest BCUT2D eigenvalue weighted by atomic mass is 9.98. The fourth-order valence-corrected chi connectivity index (χ4v) is 5.46. The van der Waals surface area contributed by atoms with Gasteiger partial charge in [-0.3, -0.25) is 9.69 Å². The molecule has 1 aromatic carbocycles.